The Morgan fingerprint density at radius 1 is 1.54 bits per heavy atom. The third kappa shape index (κ3) is 2.64. The van der Waals surface area contributed by atoms with Gasteiger partial charge in [-0.15, -0.1) is 0 Å². The lowest BCUT2D eigenvalue weighted by atomic mass is 10.2. The van der Waals surface area contributed by atoms with E-state index < -0.39 is 0 Å². The average Bonchev–Trinajstić information content (AvgIpc) is 2.15. The van der Waals surface area contributed by atoms with Gasteiger partial charge in [0.15, 0.2) is 0 Å². The maximum absolute atomic E-state index is 8.61. The first-order chi connectivity index (χ1) is 6.27. The van der Waals surface area contributed by atoms with Crippen LogP contribution in [0.25, 0.3) is 0 Å². The number of nitrogens with zero attached hydrogens (tertiary/aromatic N) is 1. The van der Waals surface area contributed by atoms with Crippen LogP contribution in [0.5, 0.6) is 5.75 Å². The molecular weight excluding hydrogens is 186 g/mol. The Kier molecular flexibility index (Phi) is 3.60. The molecule has 0 saturated carbocycles. The maximum Gasteiger partial charge on any atom is 0.120 e. The zero-order chi connectivity index (χ0) is 9.68. The molecule has 68 valence electrons. The molecule has 0 heterocycles. The van der Waals surface area contributed by atoms with Crippen molar-refractivity contribution in [3.05, 3.63) is 28.8 Å². The standard InChI is InChI=1S/C10H10ClNO/c1-2-5-13-9-4-3-8(7-12)10(11)6-9/h3-4,6H,2,5H2,1H3. The first-order valence-electron chi connectivity index (χ1n) is 4.10. The zero-order valence-corrected chi connectivity index (χ0v) is 8.14. The van der Waals surface area contributed by atoms with E-state index in [0.717, 1.165) is 6.42 Å². The fourth-order valence-electron chi connectivity index (χ4n) is 0.896. The highest BCUT2D eigenvalue weighted by Gasteiger charge is 2.00. The summed E-state index contributed by atoms with van der Waals surface area (Å²) in [5, 5.41) is 9.05. The summed E-state index contributed by atoms with van der Waals surface area (Å²) in [5.74, 6) is 0.714. The van der Waals surface area contributed by atoms with E-state index in [0.29, 0.717) is 22.9 Å². The second kappa shape index (κ2) is 4.74. The lowest BCUT2D eigenvalue weighted by Gasteiger charge is -2.04. The number of rotatable bonds is 3. The van der Waals surface area contributed by atoms with Gasteiger partial charge in [0.05, 0.1) is 17.2 Å². The Bertz CT molecular complexity index is 330. The van der Waals surface area contributed by atoms with Crippen molar-refractivity contribution in [2.75, 3.05) is 6.61 Å². The molecule has 1 aromatic rings. The van der Waals surface area contributed by atoms with Crippen LogP contribution in [0.3, 0.4) is 0 Å². The molecule has 0 aliphatic carbocycles. The number of hydrogen-bond donors (Lipinski definition) is 0. The summed E-state index contributed by atoms with van der Waals surface area (Å²) in [6.07, 6.45) is 0.956. The molecule has 0 aliphatic rings. The molecule has 0 aromatic heterocycles. The molecule has 0 amide bonds. The van der Waals surface area contributed by atoms with Gasteiger partial charge in [0, 0.05) is 6.07 Å². The van der Waals surface area contributed by atoms with Crippen LogP contribution in [0.4, 0.5) is 0 Å². The van der Waals surface area contributed by atoms with Crippen LogP contribution in [0, 0.1) is 11.3 Å². The molecule has 0 fully saturated rings. The smallest absolute Gasteiger partial charge is 0.120 e. The fraction of sp³-hybridized carbons (Fsp3) is 0.300. The summed E-state index contributed by atoms with van der Waals surface area (Å²) in [4.78, 5) is 0. The monoisotopic (exact) mass is 195 g/mol. The van der Waals surface area contributed by atoms with Crippen molar-refractivity contribution < 1.29 is 4.74 Å². The van der Waals surface area contributed by atoms with E-state index in [1.165, 1.54) is 0 Å². The van der Waals surface area contributed by atoms with Crippen molar-refractivity contribution in [1.29, 1.82) is 5.26 Å². The third-order valence-electron chi connectivity index (χ3n) is 1.53. The van der Waals surface area contributed by atoms with Crippen molar-refractivity contribution in [2.45, 2.75) is 13.3 Å². The van der Waals surface area contributed by atoms with Crippen LogP contribution >= 0.6 is 11.6 Å². The molecule has 0 unspecified atom stereocenters. The van der Waals surface area contributed by atoms with Crippen LogP contribution < -0.4 is 4.74 Å². The molecule has 0 saturated heterocycles. The van der Waals surface area contributed by atoms with Crippen LogP contribution in [0.2, 0.25) is 5.02 Å². The molecule has 3 heteroatoms. The van der Waals surface area contributed by atoms with Crippen LogP contribution in [-0.4, -0.2) is 6.61 Å². The zero-order valence-electron chi connectivity index (χ0n) is 7.38. The summed E-state index contributed by atoms with van der Waals surface area (Å²) < 4.78 is 5.34. The topological polar surface area (TPSA) is 33.0 Å². The molecule has 13 heavy (non-hydrogen) atoms. The number of halogens is 1. The van der Waals surface area contributed by atoms with Crippen LogP contribution in [0.1, 0.15) is 18.9 Å². The van der Waals surface area contributed by atoms with E-state index in [-0.39, 0.29) is 0 Å². The van der Waals surface area contributed by atoms with Gasteiger partial charge in [0.2, 0.25) is 0 Å². The van der Waals surface area contributed by atoms with E-state index in [1.54, 1.807) is 18.2 Å². The normalized spacial score (nSPS) is 9.31. The summed E-state index contributed by atoms with van der Waals surface area (Å²) in [5.41, 5.74) is 0.477. The van der Waals surface area contributed by atoms with E-state index in [9.17, 15) is 0 Å². The summed E-state index contributed by atoms with van der Waals surface area (Å²) in [6.45, 7) is 2.70. The van der Waals surface area contributed by atoms with Gasteiger partial charge in [0.1, 0.15) is 11.8 Å². The fourth-order valence-corrected chi connectivity index (χ4v) is 1.11. The van der Waals surface area contributed by atoms with Crippen molar-refractivity contribution in [2.24, 2.45) is 0 Å². The second-order valence-electron chi connectivity index (χ2n) is 2.60. The van der Waals surface area contributed by atoms with Gasteiger partial charge in [-0.3, -0.25) is 0 Å². The number of nitriles is 1. The SMILES string of the molecule is CCCOc1ccc(C#N)c(Cl)c1. The average molecular weight is 196 g/mol. The summed E-state index contributed by atoms with van der Waals surface area (Å²) >= 11 is 5.81. The first-order valence-corrected chi connectivity index (χ1v) is 4.48. The Balaban J connectivity index is 2.79. The highest BCUT2D eigenvalue weighted by Crippen LogP contribution is 2.21. The van der Waals surface area contributed by atoms with Gasteiger partial charge in [-0.1, -0.05) is 18.5 Å². The van der Waals surface area contributed by atoms with Gasteiger partial charge in [-0.25, -0.2) is 0 Å². The van der Waals surface area contributed by atoms with Crippen molar-refractivity contribution >= 4 is 11.6 Å². The van der Waals surface area contributed by atoms with Gasteiger partial charge in [0.25, 0.3) is 0 Å². The van der Waals surface area contributed by atoms with E-state index in [1.807, 2.05) is 13.0 Å². The van der Waals surface area contributed by atoms with Crippen LogP contribution in [0.15, 0.2) is 18.2 Å². The minimum absolute atomic E-state index is 0.441. The highest BCUT2D eigenvalue weighted by atomic mass is 35.5. The van der Waals surface area contributed by atoms with Gasteiger partial charge >= 0.3 is 0 Å². The molecular formula is C10H10ClNO. The number of benzene rings is 1. The van der Waals surface area contributed by atoms with Gasteiger partial charge in [-0.05, 0) is 18.6 Å². The minimum atomic E-state index is 0.441. The Labute approximate surface area is 82.7 Å². The van der Waals surface area contributed by atoms with Gasteiger partial charge in [-0.2, -0.15) is 5.26 Å². The van der Waals surface area contributed by atoms with Crippen molar-refractivity contribution in [3.63, 3.8) is 0 Å². The maximum atomic E-state index is 8.61. The molecule has 2 nitrogen and oxygen atoms in total. The van der Waals surface area contributed by atoms with Crippen molar-refractivity contribution in [1.82, 2.24) is 0 Å². The lowest BCUT2D eigenvalue weighted by molar-refractivity contribution is 0.317. The Morgan fingerprint density at radius 3 is 2.85 bits per heavy atom. The molecule has 0 aliphatic heterocycles. The van der Waals surface area contributed by atoms with Crippen molar-refractivity contribution in [3.8, 4) is 11.8 Å². The first kappa shape index (κ1) is 9.88. The quantitative estimate of drug-likeness (QED) is 0.743. The third-order valence-corrected chi connectivity index (χ3v) is 1.85. The Morgan fingerprint density at radius 2 is 2.31 bits per heavy atom. The van der Waals surface area contributed by atoms with Gasteiger partial charge < -0.3 is 4.74 Å². The minimum Gasteiger partial charge on any atom is -0.494 e. The molecule has 1 rings (SSSR count). The summed E-state index contributed by atoms with van der Waals surface area (Å²) in [6, 6.07) is 7.06. The molecule has 1 aromatic carbocycles. The molecule has 0 radical (unpaired) electrons. The van der Waals surface area contributed by atoms with Crippen LogP contribution in [-0.2, 0) is 0 Å². The second-order valence-corrected chi connectivity index (χ2v) is 3.01. The Hall–Kier alpha value is -1.20. The van der Waals surface area contributed by atoms with E-state index in [2.05, 4.69) is 0 Å². The van der Waals surface area contributed by atoms with E-state index in [4.69, 9.17) is 21.6 Å². The predicted octanol–water partition coefficient (Wildman–Crippen LogP) is 3.00. The summed E-state index contributed by atoms with van der Waals surface area (Å²) in [7, 11) is 0. The largest absolute Gasteiger partial charge is 0.494 e. The molecule has 0 bridgehead atoms. The molecule has 0 atom stereocenters. The predicted molar refractivity (Wildman–Crippen MR) is 52.0 cm³/mol. The molecule has 0 spiro atoms. The number of hydrogen-bond acceptors (Lipinski definition) is 2. The lowest BCUT2D eigenvalue weighted by Crippen LogP contribution is -1.94. The number of ether oxygens (including phenoxy) is 1. The van der Waals surface area contributed by atoms with E-state index >= 15 is 0 Å². The molecule has 0 N–H and O–H groups in total. The highest BCUT2D eigenvalue weighted by molar-refractivity contribution is 6.31.